The fourth-order valence-electron chi connectivity index (χ4n) is 2.99. The number of hydrogen-bond acceptors (Lipinski definition) is 2. The van der Waals surface area contributed by atoms with Crippen molar-refractivity contribution < 1.29 is 0 Å². The molecular weight excluding hydrogens is 220 g/mol. The zero-order valence-electron chi connectivity index (χ0n) is 11.9. The van der Waals surface area contributed by atoms with Gasteiger partial charge in [-0.2, -0.15) is 0 Å². The van der Waals surface area contributed by atoms with Gasteiger partial charge in [-0.25, -0.2) is 0 Å². The second kappa shape index (κ2) is 5.85. The number of benzene rings is 1. The second-order valence-electron chi connectivity index (χ2n) is 5.70. The Kier molecular flexibility index (Phi) is 4.41. The predicted molar refractivity (Wildman–Crippen MR) is 77.7 cm³/mol. The topological polar surface area (TPSA) is 29.3 Å². The molecular formula is C16H26N2. The summed E-state index contributed by atoms with van der Waals surface area (Å²) in [5.74, 6) is 0.598. The van der Waals surface area contributed by atoms with Crippen LogP contribution < -0.4 is 5.73 Å². The molecule has 0 radical (unpaired) electrons. The van der Waals surface area contributed by atoms with Gasteiger partial charge in [-0.15, -0.1) is 0 Å². The van der Waals surface area contributed by atoms with Crippen LogP contribution in [0.4, 0.5) is 0 Å². The normalized spacial score (nSPS) is 25.6. The highest BCUT2D eigenvalue weighted by Gasteiger charge is 2.29. The van der Waals surface area contributed by atoms with Gasteiger partial charge < -0.3 is 5.73 Å². The molecule has 2 N–H and O–H groups in total. The van der Waals surface area contributed by atoms with E-state index in [2.05, 4.69) is 49.9 Å². The third kappa shape index (κ3) is 2.76. The number of hydrogen-bond donors (Lipinski definition) is 1. The molecule has 2 atom stereocenters. The first-order chi connectivity index (χ1) is 8.63. The van der Waals surface area contributed by atoms with Gasteiger partial charge in [0.2, 0.25) is 0 Å². The zero-order valence-corrected chi connectivity index (χ0v) is 11.9. The molecule has 2 heteroatoms. The lowest BCUT2D eigenvalue weighted by molar-refractivity contribution is 0.136. The first kappa shape index (κ1) is 13.6. The predicted octanol–water partition coefficient (Wildman–Crippen LogP) is 3.29. The quantitative estimate of drug-likeness (QED) is 0.886. The smallest absolute Gasteiger partial charge is 0.0499 e. The van der Waals surface area contributed by atoms with Crippen LogP contribution in [0.1, 0.15) is 56.7 Å². The third-order valence-electron chi connectivity index (χ3n) is 4.13. The first-order valence-electron chi connectivity index (χ1n) is 7.23. The summed E-state index contributed by atoms with van der Waals surface area (Å²) < 4.78 is 0. The van der Waals surface area contributed by atoms with Crippen molar-refractivity contribution in [3.8, 4) is 0 Å². The molecule has 2 rings (SSSR count). The minimum Gasteiger partial charge on any atom is -0.326 e. The Morgan fingerprint density at radius 2 is 1.94 bits per heavy atom. The molecule has 0 bridgehead atoms. The Balaban J connectivity index is 2.22. The lowest BCUT2D eigenvalue weighted by atomic mass is 9.89. The Morgan fingerprint density at radius 1 is 1.28 bits per heavy atom. The molecule has 1 aromatic carbocycles. The molecule has 2 unspecified atom stereocenters. The highest BCUT2D eigenvalue weighted by Crippen LogP contribution is 2.30. The van der Waals surface area contributed by atoms with Gasteiger partial charge in [-0.05, 0) is 43.0 Å². The van der Waals surface area contributed by atoms with Crippen molar-refractivity contribution in [3.63, 3.8) is 0 Å². The summed E-state index contributed by atoms with van der Waals surface area (Å²) >= 11 is 0. The number of piperidine rings is 1. The van der Waals surface area contributed by atoms with E-state index in [0.717, 1.165) is 13.0 Å². The van der Waals surface area contributed by atoms with Crippen LogP contribution in [0.25, 0.3) is 0 Å². The molecule has 100 valence electrons. The van der Waals surface area contributed by atoms with Gasteiger partial charge in [0, 0.05) is 12.1 Å². The van der Waals surface area contributed by atoms with Gasteiger partial charge in [-0.1, -0.05) is 45.0 Å². The Labute approximate surface area is 111 Å². The van der Waals surface area contributed by atoms with Crippen LogP contribution >= 0.6 is 0 Å². The lowest BCUT2D eigenvalue weighted by Gasteiger charge is -2.39. The van der Waals surface area contributed by atoms with Gasteiger partial charge >= 0.3 is 0 Å². The number of nitrogens with zero attached hydrogens (tertiary/aromatic N) is 1. The van der Waals surface area contributed by atoms with Crippen LogP contribution in [0, 0.1) is 0 Å². The molecule has 1 heterocycles. The zero-order chi connectivity index (χ0) is 13.1. The van der Waals surface area contributed by atoms with Gasteiger partial charge in [0.05, 0.1) is 0 Å². The van der Waals surface area contributed by atoms with Crippen molar-refractivity contribution in [2.75, 3.05) is 13.1 Å². The maximum Gasteiger partial charge on any atom is 0.0499 e. The fraction of sp³-hybridized carbons (Fsp3) is 0.625. The molecule has 1 aliphatic heterocycles. The molecule has 0 spiro atoms. The average molecular weight is 246 g/mol. The van der Waals surface area contributed by atoms with Crippen LogP contribution in [0.5, 0.6) is 0 Å². The second-order valence-corrected chi connectivity index (χ2v) is 5.70. The Morgan fingerprint density at radius 3 is 2.50 bits per heavy atom. The third-order valence-corrected chi connectivity index (χ3v) is 4.13. The van der Waals surface area contributed by atoms with E-state index in [-0.39, 0.29) is 6.04 Å². The van der Waals surface area contributed by atoms with Crippen LogP contribution in [0.2, 0.25) is 0 Å². The maximum atomic E-state index is 6.33. The van der Waals surface area contributed by atoms with E-state index in [1.807, 2.05) is 0 Å². The standard InChI is InChI=1S/C16H26N2/c1-4-18-11-5-6-15(17)16(18)14-9-7-13(8-10-14)12(2)3/h7-10,12,15-16H,4-6,11,17H2,1-3H3. The minimum atomic E-state index is 0.281. The van der Waals surface area contributed by atoms with E-state index in [0.29, 0.717) is 12.0 Å². The summed E-state index contributed by atoms with van der Waals surface area (Å²) in [6, 6.07) is 9.75. The number of likely N-dealkylation sites (tertiary alicyclic amines) is 1. The van der Waals surface area contributed by atoms with Crippen LogP contribution in [0.3, 0.4) is 0 Å². The molecule has 1 aliphatic rings. The molecule has 0 aromatic heterocycles. The van der Waals surface area contributed by atoms with Crippen LogP contribution in [0.15, 0.2) is 24.3 Å². The van der Waals surface area contributed by atoms with Crippen molar-refractivity contribution in [3.05, 3.63) is 35.4 Å². The fourth-order valence-corrected chi connectivity index (χ4v) is 2.99. The molecule has 2 nitrogen and oxygen atoms in total. The van der Waals surface area contributed by atoms with Crippen molar-refractivity contribution >= 4 is 0 Å². The molecule has 1 fully saturated rings. The van der Waals surface area contributed by atoms with Gasteiger partial charge in [0.1, 0.15) is 0 Å². The van der Waals surface area contributed by atoms with Gasteiger partial charge in [-0.3, -0.25) is 4.90 Å². The molecule has 0 amide bonds. The number of rotatable bonds is 3. The summed E-state index contributed by atoms with van der Waals surface area (Å²) in [6.07, 6.45) is 2.38. The summed E-state index contributed by atoms with van der Waals surface area (Å²) in [4.78, 5) is 2.51. The summed E-state index contributed by atoms with van der Waals surface area (Å²) in [5, 5.41) is 0. The molecule has 18 heavy (non-hydrogen) atoms. The summed E-state index contributed by atoms with van der Waals surface area (Å²) in [7, 11) is 0. The minimum absolute atomic E-state index is 0.281. The lowest BCUT2D eigenvalue weighted by Crippen LogP contribution is -2.45. The largest absolute Gasteiger partial charge is 0.326 e. The molecule has 0 aliphatic carbocycles. The van der Waals surface area contributed by atoms with E-state index in [1.54, 1.807) is 0 Å². The number of nitrogens with two attached hydrogens (primary N) is 1. The molecule has 1 saturated heterocycles. The van der Waals surface area contributed by atoms with Crippen LogP contribution in [-0.4, -0.2) is 24.0 Å². The van der Waals surface area contributed by atoms with E-state index >= 15 is 0 Å². The van der Waals surface area contributed by atoms with Crippen LogP contribution in [-0.2, 0) is 0 Å². The van der Waals surface area contributed by atoms with Crippen molar-refractivity contribution in [2.45, 2.75) is 51.6 Å². The van der Waals surface area contributed by atoms with E-state index in [4.69, 9.17) is 5.73 Å². The highest BCUT2D eigenvalue weighted by atomic mass is 15.2. The van der Waals surface area contributed by atoms with Crippen molar-refractivity contribution in [1.82, 2.24) is 4.90 Å². The Hall–Kier alpha value is -0.860. The van der Waals surface area contributed by atoms with Crippen molar-refractivity contribution in [1.29, 1.82) is 0 Å². The molecule has 0 saturated carbocycles. The first-order valence-corrected chi connectivity index (χ1v) is 7.23. The summed E-state index contributed by atoms with van der Waals surface area (Å²) in [6.45, 7) is 8.97. The van der Waals surface area contributed by atoms with Gasteiger partial charge in [0.15, 0.2) is 0 Å². The SMILES string of the molecule is CCN1CCCC(N)C1c1ccc(C(C)C)cc1. The van der Waals surface area contributed by atoms with Gasteiger partial charge in [0.25, 0.3) is 0 Å². The van der Waals surface area contributed by atoms with E-state index < -0.39 is 0 Å². The van der Waals surface area contributed by atoms with E-state index in [1.165, 1.54) is 24.1 Å². The molecule has 1 aromatic rings. The van der Waals surface area contributed by atoms with E-state index in [9.17, 15) is 0 Å². The average Bonchev–Trinajstić information content (AvgIpc) is 2.38. The maximum absolute atomic E-state index is 6.33. The van der Waals surface area contributed by atoms with Crippen molar-refractivity contribution in [2.24, 2.45) is 5.73 Å². The summed E-state index contributed by atoms with van der Waals surface area (Å²) in [5.41, 5.74) is 9.12. The highest BCUT2D eigenvalue weighted by molar-refractivity contribution is 5.28. The number of likely N-dealkylation sites (N-methyl/N-ethyl adjacent to an activating group) is 1. The monoisotopic (exact) mass is 246 g/mol. The Bertz CT molecular complexity index is 369.